The molecule has 1 atom stereocenters. The Morgan fingerprint density at radius 1 is 0.900 bits per heavy atom. The Bertz CT molecular complexity index is 593. The standard InChI is InChI=1S/C15H13F4N/c1-20-14(9-4-2-7-13(18)15(9)19)8-10-11(16)5-3-6-12(10)17/h2-7,14,20H,8H2,1H3. The number of halogens is 4. The molecule has 0 spiro atoms. The summed E-state index contributed by atoms with van der Waals surface area (Å²) in [5.41, 5.74) is -0.120. The van der Waals surface area contributed by atoms with Crippen molar-refractivity contribution in [3.05, 3.63) is 70.8 Å². The van der Waals surface area contributed by atoms with Crippen LogP contribution in [0.5, 0.6) is 0 Å². The van der Waals surface area contributed by atoms with Gasteiger partial charge in [0.05, 0.1) is 0 Å². The molecular formula is C15H13F4N. The van der Waals surface area contributed by atoms with Crippen molar-refractivity contribution in [3.8, 4) is 0 Å². The van der Waals surface area contributed by atoms with Crippen molar-refractivity contribution in [1.29, 1.82) is 0 Å². The predicted octanol–water partition coefficient (Wildman–Crippen LogP) is 3.75. The smallest absolute Gasteiger partial charge is 0.163 e. The maximum Gasteiger partial charge on any atom is 0.163 e. The largest absolute Gasteiger partial charge is 0.313 e. The van der Waals surface area contributed by atoms with Crippen molar-refractivity contribution in [2.45, 2.75) is 12.5 Å². The van der Waals surface area contributed by atoms with Gasteiger partial charge in [0.1, 0.15) is 11.6 Å². The second-order valence-corrected chi connectivity index (χ2v) is 4.39. The highest BCUT2D eigenvalue weighted by atomic mass is 19.2. The minimum atomic E-state index is -1.01. The molecule has 1 unspecified atom stereocenters. The van der Waals surface area contributed by atoms with Gasteiger partial charge >= 0.3 is 0 Å². The van der Waals surface area contributed by atoms with E-state index in [-0.39, 0.29) is 17.5 Å². The number of hydrogen-bond acceptors (Lipinski definition) is 1. The molecular weight excluding hydrogens is 270 g/mol. The van der Waals surface area contributed by atoms with E-state index in [9.17, 15) is 17.6 Å². The monoisotopic (exact) mass is 283 g/mol. The van der Waals surface area contributed by atoms with Gasteiger partial charge in [0.2, 0.25) is 0 Å². The zero-order valence-electron chi connectivity index (χ0n) is 10.8. The fourth-order valence-electron chi connectivity index (χ4n) is 2.09. The van der Waals surface area contributed by atoms with Crippen LogP contribution in [0.15, 0.2) is 36.4 Å². The summed E-state index contributed by atoms with van der Waals surface area (Å²) < 4.78 is 54.2. The Morgan fingerprint density at radius 2 is 1.45 bits per heavy atom. The quantitative estimate of drug-likeness (QED) is 0.843. The molecule has 0 radical (unpaired) electrons. The Balaban J connectivity index is 2.37. The summed E-state index contributed by atoms with van der Waals surface area (Å²) in [6.07, 6.45) is -0.116. The van der Waals surface area contributed by atoms with Crippen molar-refractivity contribution in [1.82, 2.24) is 5.32 Å². The van der Waals surface area contributed by atoms with Crippen LogP contribution in [0.2, 0.25) is 0 Å². The molecule has 2 aromatic rings. The summed E-state index contributed by atoms with van der Waals surface area (Å²) in [7, 11) is 1.52. The van der Waals surface area contributed by atoms with Crippen molar-refractivity contribution in [3.63, 3.8) is 0 Å². The number of hydrogen-bond donors (Lipinski definition) is 1. The van der Waals surface area contributed by atoms with Crippen LogP contribution >= 0.6 is 0 Å². The molecule has 0 saturated carbocycles. The van der Waals surface area contributed by atoms with Gasteiger partial charge in [-0.25, -0.2) is 17.6 Å². The van der Waals surface area contributed by atoms with E-state index in [1.807, 2.05) is 0 Å². The molecule has 0 aliphatic rings. The molecule has 2 aromatic carbocycles. The summed E-state index contributed by atoms with van der Waals surface area (Å²) in [6, 6.07) is 6.53. The van der Waals surface area contributed by atoms with E-state index in [4.69, 9.17) is 0 Å². The van der Waals surface area contributed by atoms with Gasteiger partial charge in [-0.15, -0.1) is 0 Å². The van der Waals surface area contributed by atoms with E-state index < -0.39 is 29.3 Å². The molecule has 0 aliphatic heterocycles. The van der Waals surface area contributed by atoms with Crippen LogP contribution in [0.25, 0.3) is 0 Å². The molecule has 0 fully saturated rings. The molecule has 1 nitrogen and oxygen atoms in total. The molecule has 0 aromatic heterocycles. The normalized spacial score (nSPS) is 12.4. The zero-order valence-corrected chi connectivity index (χ0v) is 10.8. The highest BCUT2D eigenvalue weighted by molar-refractivity contribution is 5.27. The lowest BCUT2D eigenvalue weighted by Crippen LogP contribution is -2.21. The molecule has 0 amide bonds. The lowest BCUT2D eigenvalue weighted by atomic mass is 9.97. The van der Waals surface area contributed by atoms with E-state index in [2.05, 4.69) is 5.32 Å². The Labute approximate surface area is 114 Å². The summed E-state index contributed by atoms with van der Waals surface area (Å²) in [4.78, 5) is 0. The topological polar surface area (TPSA) is 12.0 Å². The Morgan fingerprint density at radius 3 is 2.05 bits per heavy atom. The van der Waals surface area contributed by atoms with Crippen LogP contribution in [0.1, 0.15) is 17.2 Å². The lowest BCUT2D eigenvalue weighted by Gasteiger charge is -2.18. The zero-order chi connectivity index (χ0) is 14.7. The highest BCUT2D eigenvalue weighted by Crippen LogP contribution is 2.25. The van der Waals surface area contributed by atoms with Gasteiger partial charge in [-0.1, -0.05) is 18.2 Å². The number of nitrogens with one attached hydrogen (secondary N) is 1. The first-order chi connectivity index (χ1) is 9.54. The van der Waals surface area contributed by atoms with E-state index in [0.717, 1.165) is 18.2 Å². The maximum absolute atomic E-state index is 13.7. The van der Waals surface area contributed by atoms with Crippen LogP contribution in [0, 0.1) is 23.3 Å². The number of benzene rings is 2. The fourth-order valence-corrected chi connectivity index (χ4v) is 2.09. The predicted molar refractivity (Wildman–Crippen MR) is 68.2 cm³/mol. The van der Waals surface area contributed by atoms with Crippen LogP contribution < -0.4 is 5.32 Å². The second-order valence-electron chi connectivity index (χ2n) is 4.39. The molecule has 0 aliphatic carbocycles. The van der Waals surface area contributed by atoms with Gasteiger partial charge < -0.3 is 5.32 Å². The molecule has 20 heavy (non-hydrogen) atoms. The first kappa shape index (κ1) is 14.5. The fraction of sp³-hybridized carbons (Fsp3) is 0.200. The van der Waals surface area contributed by atoms with Gasteiger partial charge in [-0.05, 0) is 31.7 Å². The molecule has 1 N–H and O–H groups in total. The van der Waals surface area contributed by atoms with Gasteiger partial charge in [-0.3, -0.25) is 0 Å². The summed E-state index contributed by atoms with van der Waals surface area (Å²) in [5, 5.41) is 2.75. The third kappa shape index (κ3) is 2.82. The first-order valence-electron chi connectivity index (χ1n) is 6.08. The average Bonchev–Trinajstić information content (AvgIpc) is 2.42. The minimum Gasteiger partial charge on any atom is -0.313 e. The highest BCUT2D eigenvalue weighted by Gasteiger charge is 2.20. The van der Waals surface area contributed by atoms with E-state index in [1.54, 1.807) is 0 Å². The van der Waals surface area contributed by atoms with Gasteiger partial charge in [0.15, 0.2) is 11.6 Å². The van der Waals surface area contributed by atoms with Crippen molar-refractivity contribution >= 4 is 0 Å². The minimum absolute atomic E-state index is 0.0372. The van der Waals surface area contributed by atoms with E-state index in [1.165, 1.54) is 25.2 Å². The maximum atomic E-state index is 13.7. The van der Waals surface area contributed by atoms with Gasteiger partial charge in [0.25, 0.3) is 0 Å². The third-order valence-electron chi connectivity index (χ3n) is 3.18. The molecule has 0 saturated heterocycles. The van der Waals surface area contributed by atoms with Crippen LogP contribution in [-0.4, -0.2) is 7.05 Å². The summed E-state index contributed by atoms with van der Waals surface area (Å²) in [5.74, 6) is -3.41. The van der Waals surface area contributed by atoms with Crippen LogP contribution in [0.3, 0.4) is 0 Å². The molecule has 0 heterocycles. The van der Waals surface area contributed by atoms with Crippen molar-refractivity contribution in [2.75, 3.05) is 7.05 Å². The van der Waals surface area contributed by atoms with Gasteiger partial charge in [0, 0.05) is 17.2 Å². The summed E-state index contributed by atoms with van der Waals surface area (Å²) in [6.45, 7) is 0. The molecule has 106 valence electrons. The third-order valence-corrected chi connectivity index (χ3v) is 3.18. The van der Waals surface area contributed by atoms with Crippen LogP contribution in [0.4, 0.5) is 17.6 Å². The van der Waals surface area contributed by atoms with Gasteiger partial charge in [-0.2, -0.15) is 0 Å². The first-order valence-corrected chi connectivity index (χ1v) is 6.08. The lowest BCUT2D eigenvalue weighted by molar-refractivity contribution is 0.463. The number of rotatable bonds is 4. The molecule has 2 rings (SSSR count). The van der Waals surface area contributed by atoms with Crippen LogP contribution in [-0.2, 0) is 6.42 Å². The number of likely N-dealkylation sites (N-methyl/N-ethyl adjacent to an activating group) is 1. The van der Waals surface area contributed by atoms with Crippen molar-refractivity contribution in [2.24, 2.45) is 0 Å². The van der Waals surface area contributed by atoms with Crippen molar-refractivity contribution < 1.29 is 17.6 Å². The Kier molecular flexibility index (Phi) is 4.39. The average molecular weight is 283 g/mol. The second kappa shape index (κ2) is 6.05. The SMILES string of the molecule is CNC(Cc1c(F)cccc1F)c1cccc(F)c1F. The summed E-state index contributed by atoms with van der Waals surface area (Å²) >= 11 is 0. The molecule has 0 bridgehead atoms. The van der Waals surface area contributed by atoms with E-state index >= 15 is 0 Å². The Hall–Kier alpha value is -1.88. The van der Waals surface area contributed by atoms with E-state index in [0.29, 0.717) is 0 Å². The molecule has 5 heteroatoms.